The predicted molar refractivity (Wildman–Crippen MR) is 74.9 cm³/mol. The summed E-state index contributed by atoms with van der Waals surface area (Å²) >= 11 is 1.58. The van der Waals surface area contributed by atoms with Gasteiger partial charge in [-0.25, -0.2) is 4.98 Å². The minimum atomic E-state index is 0.424. The first kappa shape index (κ1) is 12.0. The molecule has 7 heteroatoms. The summed E-state index contributed by atoms with van der Waals surface area (Å²) < 4.78 is 3.81. The Morgan fingerprint density at radius 1 is 1.37 bits per heavy atom. The van der Waals surface area contributed by atoms with Gasteiger partial charge in [-0.15, -0.1) is 10.2 Å². The summed E-state index contributed by atoms with van der Waals surface area (Å²) in [6, 6.07) is 4.08. The molecule has 19 heavy (non-hydrogen) atoms. The summed E-state index contributed by atoms with van der Waals surface area (Å²) in [5.74, 6) is 1.17. The summed E-state index contributed by atoms with van der Waals surface area (Å²) in [5.41, 5.74) is 8.83. The van der Waals surface area contributed by atoms with Crippen LogP contribution in [0.5, 0.6) is 0 Å². The average Bonchev–Trinajstić information content (AvgIpc) is 2.94. The van der Waals surface area contributed by atoms with Crippen LogP contribution in [-0.4, -0.2) is 24.1 Å². The van der Waals surface area contributed by atoms with Gasteiger partial charge in [0.05, 0.1) is 5.69 Å². The maximum absolute atomic E-state index is 5.65. The number of nitrogen functional groups attached to an aromatic ring is 1. The number of hydrogen-bond donors (Lipinski definition) is 1. The molecule has 0 fully saturated rings. The van der Waals surface area contributed by atoms with Gasteiger partial charge in [0.25, 0.3) is 0 Å². The highest BCUT2D eigenvalue weighted by atomic mass is 32.2. The third-order valence-corrected chi connectivity index (χ3v) is 4.00. The first-order valence-electron chi connectivity index (χ1n) is 5.86. The molecule has 0 unspecified atom stereocenters. The molecule has 98 valence electrons. The number of rotatable bonds is 3. The van der Waals surface area contributed by atoms with Crippen molar-refractivity contribution in [2.75, 3.05) is 5.73 Å². The topological polar surface area (TPSA) is 74.0 Å². The average molecular weight is 274 g/mol. The predicted octanol–water partition coefficient (Wildman–Crippen LogP) is 1.65. The number of pyridine rings is 1. The van der Waals surface area contributed by atoms with E-state index >= 15 is 0 Å². The van der Waals surface area contributed by atoms with E-state index < -0.39 is 0 Å². The van der Waals surface area contributed by atoms with E-state index in [0.717, 1.165) is 22.3 Å². The van der Waals surface area contributed by atoms with Crippen molar-refractivity contribution in [3.8, 4) is 0 Å². The molecule has 0 saturated heterocycles. The second kappa shape index (κ2) is 4.58. The Morgan fingerprint density at radius 3 is 2.89 bits per heavy atom. The van der Waals surface area contributed by atoms with Gasteiger partial charge in [-0.05, 0) is 18.6 Å². The summed E-state index contributed by atoms with van der Waals surface area (Å²) in [7, 11) is 1.85. The van der Waals surface area contributed by atoms with Crippen LogP contribution in [0.1, 0.15) is 11.3 Å². The van der Waals surface area contributed by atoms with Crippen molar-refractivity contribution in [1.29, 1.82) is 0 Å². The zero-order chi connectivity index (χ0) is 13.4. The summed E-state index contributed by atoms with van der Waals surface area (Å²) in [6.07, 6.45) is 4.04. The van der Waals surface area contributed by atoms with E-state index in [1.54, 1.807) is 16.3 Å². The van der Waals surface area contributed by atoms with Crippen LogP contribution in [-0.2, 0) is 12.8 Å². The molecule has 0 aliphatic heterocycles. The van der Waals surface area contributed by atoms with Gasteiger partial charge in [0.2, 0.25) is 5.95 Å². The third kappa shape index (κ3) is 2.17. The summed E-state index contributed by atoms with van der Waals surface area (Å²) in [6.45, 7) is 2.06. The number of nitrogens with two attached hydrogens (primary N) is 1. The molecule has 3 heterocycles. The summed E-state index contributed by atoms with van der Waals surface area (Å²) in [5, 5.41) is 8.65. The number of anilines is 1. The number of thioether (sulfide) groups is 1. The lowest BCUT2D eigenvalue weighted by Gasteiger charge is -1.98. The molecule has 0 aliphatic rings. The van der Waals surface area contributed by atoms with Crippen molar-refractivity contribution >= 4 is 23.4 Å². The lowest BCUT2D eigenvalue weighted by Crippen LogP contribution is -1.98. The minimum absolute atomic E-state index is 0.424. The quantitative estimate of drug-likeness (QED) is 0.735. The highest BCUT2D eigenvalue weighted by molar-refractivity contribution is 7.98. The van der Waals surface area contributed by atoms with Crippen LogP contribution in [0, 0.1) is 6.92 Å². The number of fused-ring (bicyclic) bond motifs is 1. The van der Waals surface area contributed by atoms with Gasteiger partial charge in [-0.3, -0.25) is 4.57 Å². The maximum Gasteiger partial charge on any atom is 0.222 e. The van der Waals surface area contributed by atoms with Crippen LogP contribution in [0.25, 0.3) is 5.65 Å². The van der Waals surface area contributed by atoms with Gasteiger partial charge in [-0.1, -0.05) is 17.8 Å². The van der Waals surface area contributed by atoms with Crippen molar-refractivity contribution in [3.05, 3.63) is 35.8 Å². The Hall–Kier alpha value is -2.02. The Labute approximate surface area is 114 Å². The second-order valence-corrected chi connectivity index (χ2v) is 5.29. The van der Waals surface area contributed by atoms with Crippen molar-refractivity contribution in [2.24, 2.45) is 7.05 Å². The maximum atomic E-state index is 5.65. The zero-order valence-electron chi connectivity index (χ0n) is 10.7. The lowest BCUT2D eigenvalue weighted by atomic mass is 10.3. The third-order valence-electron chi connectivity index (χ3n) is 2.95. The molecule has 3 aromatic heterocycles. The minimum Gasteiger partial charge on any atom is -0.368 e. The normalized spacial score (nSPS) is 11.3. The monoisotopic (exact) mass is 274 g/mol. The van der Waals surface area contributed by atoms with E-state index in [0.29, 0.717) is 5.95 Å². The molecule has 3 aromatic rings. The Bertz CT molecular complexity index is 729. The van der Waals surface area contributed by atoms with E-state index in [2.05, 4.69) is 28.2 Å². The fraction of sp³-hybridized carbons (Fsp3) is 0.250. The molecule has 0 saturated carbocycles. The van der Waals surface area contributed by atoms with E-state index in [1.165, 1.54) is 5.56 Å². The molecule has 0 bridgehead atoms. The molecule has 2 N–H and O–H groups in total. The Kier molecular flexibility index (Phi) is 2.90. The number of hydrogen-bond acceptors (Lipinski definition) is 5. The van der Waals surface area contributed by atoms with E-state index in [-0.39, 0.29) is 0 Å². The smallest absolute Gasteiger partial charge is 0.222 e. The van der Waals surface area contributed by atoms with Crippen molar-refractivity contribution < 1.29 is 0 Å². The second-order valence-electron chi connectivity index (χ2n) is 4.34. The largest absolute Gasteiger partial charge is 0.368 e. The molecular weight excluding hydrogens is 260 g/mol. The highest BCUT2D eigenvalue weighted by Crippen LogP contribution is 2.21. The first-order valence-corrected chi connectivity index (χ1v) is 6.84. The van der Waals surface area contributed by atoms with E-state index in [9.17, 15) is 0 Å². The number of nitrogens with zero attached hydrogens (tertiary/aromatic N) is 5. The van der Waals surface area contributed by atoms with Crippen molar-refractivity contribution in [1.82, 2.24) is 24.1 Å². The number of imidazole rings is 1. The molecule has 0 aliphatic carbocycles. The van der Waals surface area contributed by atoms with Gasteiger partial charge >= 0.3 is 0 Å². The molecule has 0 radical (unpaired) electrons. The van der Waals surface area contributed by atoms with Crippen LogP contribution in [0.15, 0.2) is 29.7 Å². The Morgan fingerprint density at radius 2 is 2.21 bits per heavy atom. The first-order chi connectivity index (χ1) is 9.15. The molecule has 6 nitrogen and oxygen atoms in total. The van der Waals surface area contributed by atoms with Crippen molar-refractivity contribution in [2.45, 2.75) is 17.8 Å². The molecule has 0 spiro atoms. The number of aryl methyl sites for hydroxylation is 1. The SMILES string of the molecule is Cc1cccn2cc(CSc3nnc(N)n3C)nc12. The standard InChI is InChI=1S/C12H14N6S/c1-8-4-3-5-18-6-9(14-10(8)18)7-19-12-16-15-11(13)17(12)2/h3-6H,7H2,1-2H3,(H2,13,15). The van der Waals surface area contributed by atoms with Crippen LogP contribution >= 0.6 is 11.8 Å². The summed E-state index contributed by atoms with van der Waals surface area (Å²) in [4.78, 5) is 4.62. The molecular formula is C12H14N6S. The van der Waals surface area contributed by atoms with E-state index in [1.807, 2.05) is 29.9 Å². The molecule has 3 rings (SSSR count). The van der Waals surface area contributed by atoms with Gasteiger partial charge in [0.15, 0.2) is 5.16 Å². The van der Waals surface area contributed by atoms with Crippen LogP contribution in [0.3, 0.4) is 0 Å². The Balaban J connectivity index is 1.82. The van der Waals surface area contributed by atoms with Crippen LogP contribution < -0.4 is 5.73 Å². The van der Waals surface area contributed by atoms with Gasteiger partial charge in [0, 0.05) is 25.2 Å². The van der Waals surface area contributed by atoms with Gasteiger partial charge < -0.3 is 10.1 Å². The zero-order valence-corrected chi connectivity index (χ0v) is 11.6. The number of aromatic nitrogens is 5. The van der Waals surface area contributed by atoms with Crippen molar-refractivity contribution in [3.63, 3.8) is 0 Å². The fourth-order valence-corrected chi connectivity index (χ4v) is 2.67. The van der Waals surface area contributed by atoms with E-state index in [4.69, 9.17) is 5.73 Å². The highest BCUT2D eigenvalue weighted by Gasteiger charge is 2.09. The van der Waals surface area contributed by atoms with Gasteiger partial charge in [-0.2, -0.15) is 0 Å². The molecule has 0 amide bonds. The molecule has 0 aromatic carbocycles. The van der Waals surface area contributed by atoms with Crippen LogP contribution in [0.2, 0.25) is 0 Å². The lowest BCUT2D eigenvalue weighted by molar-refractivity contribution is 0.795. The molecule has 0 atom stereocenters. The fourth-order valence-electron chi connectivity index (χ4n) is 1.86. The van der Waals surface area contributed by atoms with Crippen LogP contribution in [0.4, 0.5) is 5.95 Å². The van der Waals surface area contributed by atoms with Gasteiger partial charge in [0.1, 0.15) is 5.65 Å².